The molecule has 216 valence electrons. The second-order valence-electron chi connectivity index (χ2n) is 7.84. The number of ether oxygens (including phenoxy) is 1. The number of hydrogen-bond acceptors (Lipinski definition) is 13. The Balaban J connectivity index is 1.81. The van der Waals surface area contributed by atoms with E-state index >= 15 is 0 Å². The van der Waals surface area contributed by atoms with Crippen LogP contribution in [0.5, 0.6) is 5.75 Å². The van der Waals surface area contributed by atoms with Crippen molar-refractivity contribution >= 4 is 47.7 Å². The summed E-state index contributed by atoms with van der Waals surface area (Å²) in [7, 11) is 0. The van der Waals surface area contributed by atoms with Gasteiger partial charge in [0, 0.05) is 35.3 Å². The number of rotatable bonds is 14. The van der Waals surface area contributed by atoms with Crippen molar-refractivity contribution in [3.05, 3.63) is 88.5 Å². The molecule has 3 rings (SSSR count). The van der Waals surface area contributed by atoms with Gasteiger partial charge in [0.25, 0.3) is 11.8 Å². The molecule has 0 fully saturated rings. The van der Waals surface area contributed by atoms with Gasteiger partial charge < -0.3 is 15.4 Å². The minimum atomic E-state index is -0.780. The van der Waals surface area contributed by atoms with Crippen LogP contribution in [0, 0.1) is 0 Å². The summed E-state index contributed by atoms with van der Waals surface area (Å²) < 4.78 is 14.4. The van der Waals surface area contributed by atoms with Crippen molar-refractivity contribution in [2.45, 2.75) is 23.6 Å². The smallest absolute Gasteiger partial charge is 0.343 e. The molecule has 3 aromatic rings. The molecule has 0 radical (unpaired) electrons. The van der Waals surface area contributed by atoms with Crippen LogP contribution in [0.2, 0.25) is 0 Å². The lowest BCUT2D eigenvalue weighted by Crippen LogP contribution is -2.22. The van der Waals surface area contributed by atoms with E-state index < -0.39 is 11.8 Å². The zero-order valence-corrected chi connectivity index (χ0v) is 23.2. The van der Waals surface area contributed by atoms with E-state index in [0.717, 1.165) is 0 Å². The molecule has 0 saturated heterocycles. The fourth-order valence-corrected chi connectivity index (χ4v) is 4.42. The van der Waals surface area contributed by atoms with Crippen LogP contribution in [-0.4, -0.2) is 47.2 Å². The van der Waals surface area contributed by atoms with Crippen LogP contribution in [0.1, 0.15) is 60.8 Å². The van der Waals surface area contributed by atoms with Gasteiger partial charge in [-0.15, -0.1) is 8.67 Å². The maximum Gasteiger partial charge on any atom is 0.343 e. The summed E-state index contributed by atoms with van der Waals surface area (Å²) in [6.45, 7) is 4.32. The normalized spacial score (nSPS) is 10.6. The number of benzene rings is 3. The maximum atomic E-state index is 13.2. The topological polar surface area (TPSA) is 179 Å². The lowest BCUT2D eigenvalue weighted by molar-refractivity contribution is -0.432. The predicted molar refractivity (Wildman–Crippen MR) is 145 cm³/mol. The number of nitrogens with one attached hydrogen (secondary N) is 2. The second kappa shape index (κ2) is 15.8. The third kappa shape index (κ3) is 8.59. The van der Waals surface area contributed by atoms with E-state index in [0.29, 0.717) is 37.2 Å². The average molecular weight is 605 g/mol. The SMILES string of the molecule is CCNC(=O)c1ccc(OC(=O)c2ccc(C(=O)c3ccc(C(=O)NCC)cc3SOOO)cc2)c(SOOO)c1. The van der Waals surface area contributed by atoms with Gasteiger partial charge in [0.2, 0.25) is 0 Å². The van der Waals surface area contributed by atoms with E-state index in [1.54, 1.807) is 13.8 Å². The number of carbonyl (C=O) groups excluding carboxylic acids is 4. The molecule has 15 heteroatoms. The molecular formula is C26H24N2O11S2. The van der Waals surface area contributed by atoms with Crippen LogP contribution < -0.4 is 15.4 Å². The van der Waals surface area contributed by atoms with Crippen molar-refractivity contribution in [3.8, 4) is 5.75 Å². The van der Waals surface area contributed by atoms with Crippen LogP contribution in [-0.2, 0) is 18.7 Å². The number of ketones is 1. The van der Waals surface area contributed by atoms with Gasteiger partial charge >= 0.3 is 5.97 Å². The molecule has 0 aliphatic carbocycles. The summed E-state index contributed by atoms with van der Waals surface area (Å²) in [4.78, 5) is 50.7. The van der Waals surface area contributed by atoms with E-state index in [1.807, 2.05) is 0 Å². The van der Waals surface area contributed by atoms with Crippen molar-refractivity contribution < 1.29 is 53.2 Å². The van der Waals surface area contributed by atoms with Gasteiger partial charge in [-0.2, -0.15) is 0 Å². The Morgan fingerprint density at radius 3 is 1.73 bits per heavy atom. The first-order valence-electron chi connectivity index (χ1n) is 11.8. The van der Waals surface area contributed by atoms with Gasteiger partial charge in [-0.3, -0.25) is 14.4 Å². The zero-order valence-electron chi connectivity index (χ0n) is 21.6. The summed E-state index contributed by atoms with van der Waals surface area (Å²) >= 11 is 1.05. The van der Waals surface area contributed by atoms with Gasteiger partial charge in [-0.05, 0) is 62.4 Å². The number of carbonyl (C=O) groups is 4. The van der Waals surface area contributed by atoms with E-state index in [1.165, 1.54) is 60.7 Å². The van der Waals surface area contributed by atoms with Crippen molar-refractivity contribution in [1.82, 2.24) is 10.6 Å². The van der Waals surface area contributed by atoms with Gasteiger partial charge in [0.05, 0.1) is 39.4 Å². The lowest BCUT2D eigenvalue weighted by atomic mass is 10.0. The summed E-state index contributed by atoms with van der Waals surface area (Å²) in [5.41, 5.74) is 0.970. The fraction of sp³-hybridized carbons (Fsp3) is 0.154. The minimum Gasteiger partial charge on any atom is -0.422 e. The second-order valence-corrected chi connectivity index (χ2v) is 9.32. The molecule has 2 amide bonds. The monoisotopic (exact) mass is 604 g/mol. The zero-order chi connectivity index (χ0) is 29.8. The molecule has 0 spiro atoms. The van der Waals surface area contributed by atoms with Gasteiger partial charge in [-0.25, -0.2) is 15.3 Å². The quantitative estimate of drug-likeness (QED) is 0.0505. The molecule has 0 aliphatic heterocycles. The highest BCUT2D eigenvalue weighted by atomic mass is 32.2. The minimum absolute atomic E-state index is 0.0187. The van der Waals surface area contributed by atoms with Crippen LogP contribution in [0.4, 0.5) is 0 Å². The molecule has 4 N–H and O–H groups in total. The summed E-state index contributed by atoms with van der Waals surface area (Å²) in [6.07, 6.45) is 0. The van der Waals surface area contributed by atoms with E-state index in [4.69, 9.17) is 15.3 Å². The third-order valence-electron chi connectivity index (χ3n) is 5.26. The van der Waals surface area contributed by atoms with Crippen molar-refractivity contribution in [2.75, 3.05) is 13.1 Å². The molecule has 0 aromatic heterocycles. The Morgan fingerprint density at radius 2 is 1.17 bits per heavy atom. The predicted octanol–water partition coefficient (Wildman–Crippen LogP) is 4.49. The molecule has 0 saturated carbocycles. The Kier molecular flexibility index (Phi) is 12.3. The molecular weight excluding hydrogens is 580 g/mol. The molecule has 0 heterocycles. The van der Waals surface area contributed by atoms with Crippen LogP contribution in [0.3, 0.4) is 0 Å². The van der Waals surface area contributed by atoms with E-state index in [-0.39, 0.29) is 55.2 Å². The van der Waals surface area contributed by atoms with Crippen molar-refractivity contribution in [2.24, 2.45) is 0 Å². The lowest BCUT2D eigenvalue weighted by Gasteiger charge is -2.11. The highest BCUT2D eigenvalue weighted by molar-refractivity contribution is 7.94. The van der Waals surface area contributed by atoms with Crippen molar-refractivity contribution in [3.63, 3.8) is 0 Å². The number of hydrogen-bond donors (Lipinski definition) is 4. The largest absolute Gasteiger partial charge is 0.422 e. The molecule has 0 aliphatic rings. The van der Waals surface area contributed by atoms with E-state index in [9.17, 15) is 19.2 Å². The van der Waals surface area contributed by atoms with Crippen LogP contribution >= 0.6 is 24.1 Å². The Labute approximate surface area is 242 Å². The van der Waals surface area contributed by atoms with Gasteiger partial charge in [0.1, 0.15) is 5.75 Å². The first kappa shape index (κ1) is 31.7. The number of amides is 2. The molecule has 0 unspecified atom stereocenters. The molecule has 0 atom stereocenters. The fourth-order valence-electron chi connectivity index (χ4n) is 3.42. The summed E-state index contributed by atoms with van der Waals surface area (Å²) in [5, 5.41) is 29.6. The summed E-state index contributed by atoms with van der Waals surface area (Å²) in [6, 6.07) is 14.1. The van der Waals surface area contributed by atoms with Crippen LogP contribution in [0.25, 0.3) is 0 Å². The Hall–Kier alpha value is -3.80. The first-order chi connectivity index (χ1) is 19.8. The molecule has 0 bridgehead atoms. The van der Waals surface area contributed by atoms with Gasteiger partial charge in [0.15, 0.2) is 5.78 Å². The van der Waals surface area contributed by atoms with Crippen molar-refractivity contribution in [1.29, 1.82) is 0 Å². The number of esters is 1. The van der Waals surface area contributed by atoms with Crippen LogP contribution in [0.15, 0.2) is 70.5 Å². The average Bonchev–Trinajstić information content (AvgIpc) is 2.99. The van der Waals surface area contributed by atoms with E-state index in [2.05, 4.69) is 29.4 Å². The highest BCUT2D eigenvalue weighted by Crippen LogP contribution is 2.32. The summed E-state index contributed by atoms with van der Waals surface area (Å²) in [5.74, 6) is -1.95. The standard InChI is InChI=1S/C26H24N2O11S2/c1-3-27-24(30)17-9-11-19(21(13-17)40-38-36-33)23(29)15-5-7-16(8-6-15)26(32)35-20-12-10-18(25(31)28-4-2)14-22(20)41-39-37-34/h5-14,33-34H,3-4H2,1-2H3,(H,27,30)(H,28,31). The van der Waals surface area contributed by atoms with Gasteiger partial charge in [-0.1, -0.05) is 22.2 Å². The Bertz CT molecular complexity index is 1400. The molecule has 3 aromatic carbocycles. The highest BCUT2D eigenvalue weighted by Gasteiger charge is 2.20. The molecule has 41 heavy (non-hydrogen) atoms. The first-order valence-corrected chi connectivity index (χ1v) is 13.3. The molecule has 13 nitrogen and oxygen atoms in total. The third-order valence-corrected chi connectivity index (χ3v) is 6.54. The Morgan fingerprint density at radius 1 is 0.683 bits per heavy atom. The maximum absolute atomic E-state index is 13.2.